The lowest BCUT2D eigenvalue weighted by molar-refractivity contribution is -0.118. The van der Waals surface area contributed by atoms with Gasteiger partial charge in [0.15, 0.2) is 12.4 Å². The van der Waals surface area contributed by atoms with Crippen LogP contribution in [0.4, 0.5) is 5.69 Å². The number of amides is 1. The van der Waals surface area contributed by atoms with E-state index in [1.54, 1.807) is 42.5 Å². The molecule has 0 fully saturated rings. The number of rotatable bonds is 3. The van der Waals surface area contributed by atoms with Crippen molar-refractivity contribution in [2.75, 3.05) is 11.9 Å². The third kappa shape index (κ3) is 3.27. The molecule has 1 amide bonds. The summed E-state index contributed by atoms with van der Waals surface area (Å²) in [6, 6.07) is 13.9. The first-order chi connectivity index (χ1) is 11.2. The van der Waals surface area contributed by atoms with E-state index in [0.29, 0.717) is 22.6 Å². The second-order valence-electron chi connectivity index (χ2n) is 4.98. The summed E-state index contributed by atoms with van der Waals surface area (Å²) in [4.78, 5) is 23.6. The monoisotopic (exact) mass is 304 g/mol. The van der Waals surface area contributed by atoms with Gasteiger partial charge in [0.2, 0.25) is 0 Å². The number of ketones is 1. The molecule has 0 unspecified atom stereocenters. The van der Waals surface area contributed by atoms with E-state index in [9.17, 15) is 9.59 Å². The Kier molecular flexibility index (Phi) is 3.89. The number of benzene rings is 2. The smallest absolute Gasteiger partial charge is 0.262 e. The van der Waals surface area contributed by atoms with Crippen LogP contribution in [0.5, 0.6) is 5.75 Å². The number of carbonyl (C=O) groups is 2. The number of nitriles is 1. The van der Waals surface area contributed by atoms with E-state index in [-0.39, 0.29) is 18.3 Å². The van der Waals surface area contributed by atoms with Crippen LogP contribution in [-0.4, -0.2) is 18.3 Å². The fraction of sp³-hybridized carbons (Fsp3) is 0.0556. The normalized spacial score (nSPS) is 12.9. The molecule has 1 N–H and O–H groups in total. The van der Waals surface area contributed by atoms with Crippen molar-refractivity contribution < 1.29 is 14.3 Å². The minimum absolute atomic E-state index is 0.0184. The zero-order chi connectivity index (χ0) is 16.2. The van der Waals surface area contributed by atoms with Gasteiger partial charge in [-0.15, -0.1) is 0 Å². The maximum atomic E-state index is 12.2. The molecule has 0 aromatic heterocycles. The molecule has 0 aliphatic carbocycles. The van der Waals surface area contributed by atoms with Crippen molar-refractivity contribution in [2.24, 2.45) is 0 Å². The van der Waals surface area contributed by atoms with E-state index in [2.05, 4.69) is 11.4 Å². The van der Waals surface area contributed by atoms with Crippen LogP contribution in [0.1, 0.15) is 21.5 Å². The fourth-order valence-electron chi connectivity index (χ4n) is 2.22. The second-order valence-corrected chi connectivity index (χ2v) is 4.98. The van der Waals surface area contributed by atoms with E-state index in [0.717, 1.165) is 5.56 Å². The van der Waals surface area contributed by atoms with Crippen LogP contribution in [0.15, 0.2) is 48.5 Å². The van der Waals surface area contributed by atoms with Crippen molar-refractivity contribution in [3.63, 3.8) is 0 Å². The van der Waals surface area contributed by atoms with Gasteiger partial charge in [-0.05, 0) is 42.0 Å². The number of nitrogens with one attached hydrogen (secondary N) is 1. The lowest BCUT2D eigenvalue weighted by Gasteiger charge is -2.17. The lowest BCUT2D eigenvalue weighted by atomic mass is 10.1. The molecular formula is C18H12N2O3. The zero-order valence-electron chi connectivity index (χ0n) is 12.1. The summed E-state index contributed by atoms with van der Waals surface area (Å²) in [5.41, 5.74) is 2.24. The second kappa shape index (κ2) is 6.16. The highest BCUT2D eigenvalue weighted by Crippen LogP contribution is 2.28. The Morgan fingerprint density at radius 3 is 2.96 bits per heavy atom. The van der Waals surface area contributed by atoms with Crippen molar-refractivity contribution in [3.05, 3.63) is 65.2 Å². The number of nitrogens with zero attached hydrogens (tertiary/aromatic N) is 1. The van der Waals surface area contributed by atoms with E-state index >= 15 is 0 Å². The molecule has 0 radical (unpaired) electrons. The van der Waals surface area contributed by atoms with Gasteiger partial charge in [-0.1, -0.05) is 18.2 Å². The Hall–Kier alpha value is -3.39. The van der Waals surface area contributed by atoms with Gasteiger partial charge in [0.25, 0.3) is 5.91 Å². The maximum absolute atomic E-state index is 12.2. The maximum Gasteiger partial charge on any atom is 0.262 e. The first-order valence-corrected chi connectivity index (χ1v) is 6.95. The summed E-state index contributed by atoms with van der Waals surface area (Å²) in [5.74, 6) is 0.104. The van der Waals surface area contributed by atoms with Gasteiger partial charge in [0, 0.05) is 5.56 Å². The average Bonchev–Trinajstić information content (AvgIpc) is 2.59. The highest BCUT2D eigenvalue weighted by Gasteiger charge is 2.17. The quantitative estimate of drug-likeness (QED) is 0.698. The molecule has 1 aliphatic heterocycles. The topological polar surface area (TPSA) is 79.2 Å². The zero-order valence-corrected chi connectivity index (χ0v) is 12.1. The number of ether oxygens (including phenoxy) is 1. The number of hydrogen-bond acceptors (Lipinski definition) is 4. The van der Waals surface area contributed by atoms with Crippen LogP contribution in [-0.2, 0) is 4.79 Å². The van der Waals surface area contributed by atoms with Gasteiger partial charge in [-0.2, -0.15) is 5.26 Å². The molecule has 2 aromatic carbocycles. The number of allylic oxidation sites excluding steroid dienone is 1. The molecular weight excluding hydrogens is 292 g/mol. The summed E-state index contributed by atoms with van der Waals surface area (Å²) in [7, 11) is 0. The van der Waals surface area contributed by atoms with Gasteiger partial charge in [-0.25, -0.2) is 0 Å². The first-order valence-electron chi connectivity index (χ1n) is 6.95. The summed E-state index contributed by atoms with van der Waals surface area (Å²) in [5, 5.41) is 11.5. The third-order valence-corrected chi connectivity index (χ3v) is 3.34. The van der Waals surface area contributed by atoms with Crippen molar-refractivity contribution in [1.82, 2.24) is 0 Å². The number of anilines is 1. The van der Waals surface area contributed by atoms with Crippen molar-refractivity contribution in [1.29, 1.82) is 5.26 Å². The van der Waals surface area contributed by atoms with Crippen LogP contribution in [0.25, 0.3) is 6.08 Å². The predicted molar refractivity (Wildman–Crippen MR) is 85.1 cm³/mol. The number of carbonyl (C=O) groups excluding carboxylic acids is 2. The number of fused-ring (bicyclic) bond motifs is 1. The Morgan fingerprint density at radius 2 is 2.13 bits per heavy atom. The third-order valence-electron chi connectivity index (χ3n) is 3.34. The minimum Gasteiger partial charge on any atom is -0.482 e. The number of hydrogen-bond donors (Lipinski definition) is 1. The van der Waals surface area contributed by atoms with Crippen LogP contribution < -0.4 is 10.1 Å². The minimum atomic E-state index is -0.244. The molecule has 112 valence electrons. The summed E-state index contributed by atoms with van der Waals surface area (Å²) in [6.45, 7) is -0.0184. The molecule has 1 heterocycles. The molecule has 5 heteroatoms. The van der Waals surface area contributed by atoms with Crippen LogP contribution in [0.2, 0.25) is 0 Å². The summed E-state index contributed by atoms with van der Waals surface area (Å²) < 4.78 is 5.25. The lowest BCUT2D eigenvalue weighted by Crippen LogP contribution is -2.25. The summed E-state index contributed by atoms with van der Waals surface area (Å²) in [6.07, 6.45) is 3.08. The molecule has 1 aliphatic rings. The summed E-state index contributed by atoms with van der Waals surface area (Å²) >= 11 is 0. The highest BCUT2D eigenvalue weighted by atomic mass is 16.5. The Morgan fingerprint density at radius 1 is 1.26 bits per heavy atom. The van der Waals surface area contributed by atoms with Crippen molar-refractivity contribution >= 4 is 23.5 Å². The fourth-order valence-corrected chi connectivity index (χ4v) is 2.22. The van der Waals surface area contributed by atoms with Crippen molar-refractivity contribution in [3.8, 4) is 11.8 Å². The van der Waals surface area contributed by atoms with E-state index in [1.807, 2.05) is 6.07 Å². The van der Waals surface area contributed by atoms with Crippen molar-refractivity contribution in [2.45, 2.75) is 0 Å². The van der Waals surface area contributed by atoms with Gasteiger partial charge in [0.05, 0.1) is 17.3 Å². The molecule has 0 atom stereocenters. The standard InChI is InChI=1S/C18H12N2O3/c19-10-13-3-1-2-12(8-13)4-6-16(21)14-5-7-17-15(9-14)20-18(22)11-23-17/h1-9H,11H2,(H,20,22)/b6-4+. The molecule has 5 nitrogen and oxygen atoms in total. The first kappa shape index (κ1) is 14.5. The van der Waals surface area contributed by atoms with Crippen LogP contribution in [0.3, 0.4) is 0 Å². The molecule has 0 saturated heterocycles. The van der Waals surface area contributed by atoms with Crippen LogP contribution in [0, 0.1) is 11.3 Å². The van der Waals surface area contributed by atoms with E-state index in [4.69, 9.17) is 10.00 Å². The van der Waals surface area contributed by atoms with E-state index in [1.165, 1.54) is 6.08 Å². The van der Waals surface area contributed by atoms with Gasteiger partial charge in [-0.3, -0.25) is 9.59 Å². The molecule has 23 heavy (non-hydrogen) atoms. The van der Waals surface area contributed by atoms with Gasteiger partial charge in [0.1, 0.15) is 5.75 Å². The predicted octanol–water partition coefficient (Wildman–Crippen LogP) is 2.79. The van der Waals surface area contributed by atoms with Gasteiger partial charge < -0.3 is 10.1 Å². The molecule has 0 spiro atoms. The van der Waals surface area contributed by atoms with Crippen LogP contribution >= 0.6 is 0 Å². The average molecular weight is 304 g/mol. The SMILES string of the molecule is N#Cc1cccc(/C=C/C(=O)c2ccc3c(c2)NC(=O)CO3)c1. The molecule has 0 bridgehead atoms. The largest absolute Gasteiger partial charge is 0.482 e. The molecule has 0 saturated carbocycles. The Labute approximate surface area is 132 Å². The van der Waals surface area contributed by atoms with Gasteiger partial charge >= 0.3 is 0 Å². The molecule has 3 rings (SSSR count). The Balaban J connectivity index is 1.80. The highest BCUT2D eigenvalue weighted by molar-refractivity contribution is 6.08. The Bertz CT molecular complexity index is 863. The van der Waals surface area contributed by atoms with E-state index < -0.39 is 0 Å². The molecule has 2 aromatic rings.